The first kappa shape index (κ1) is 29.6. The number of ketones is 1. The van der Waals surface area contributed by atoms with Gasteiger partial charge in [0.05, 0.1) is 17.6 Å². The maximum absolute atomic E-state index is 13.1. The predicted molar refractivity (Wildman–Crippen MR) is 151 cm³/mol. The van der Waals surface area contributed by atoms with Gasteiger partial charge in [-0.15, -0.1) is 11.8 Å². The number of esters is 1. The molecule has 0 heterocycles. The summed E-state index contributed by atoms with van der Waals surface area (Å²) in [4.78, 5) is 50.1. The van der Waals surface area contributed by atoms with Crippen LogP contribution in [0.15, 0.2) is 91.0 Å². The van der Waals surface area contributed by atoms with Gasteiger partial charge >= 0.3 is 11.9 Å². The van der Waals surface area contributed by atoms with E-state index in [0.717, 1.165) is 16.7 Å². The molecule has 3 aromatic rings. The van der Waals surface area contributed by atoms with Crippen molar-refractivity contribution in [1.82, 2.24) is 5.32 Å². The van der Waals surface area contributed by atoms with Gasteiger partial charge in [0.2, 0.25) is 5.91 Å². The third-order valence-corrected chi connectivity index (χ3v) is 7.35. The standard InChI is InChI=1S/C31H33NO6S/c1-22(39-21-25-15-9-4-10-16-25)30(36)32-27(19-29(34)35)28(33)20-38-31(37)26(17-23-11-5-2-6-12-23)18-24-13-7-3-8-14-24/h2-16,22,26-27H,17-21H2,1H3,(H,32,36)(H,34,35). The number of Topliss-reactive ketones (excluding diaryl/α,β-unsaturated/α-hetero) is 1. The number of rotatable bonds is 15. The molecule has 0 radical (unpaired) electrons. The van der Waals surface area contributed by atoms with E-state index in [1.54, 1.807) is 6.92 Å². The number of amides is 1. The Kier molecular flexibility index (Phi) is 11.8. The van der Waals surface area contributed by atoms with Crippen LogP contribution >= 0.6 is 11.8 Å². The Morgan fingerprint density at radius 3 is 1.77 bits per heavy atom. The smallest absolute Gasteiger partial charge is 0.310 e. The summed E-state index contributed by atoms with van der Waals surface area (Å²) in [6.07, 6.45) is 0.248. The zero-order chi connectivity index (χ0) is 28.0. The Balaban J connectivity index is 1.60. The first-order chi connectivity index (χ1) is 18.8. The van der Waals surface area contributed by atoms with Crippen LogP contribution in [0, 0.1) is 5.92 Å². The third-order valence-electron chi connectivity index (χ3n) is 6.14. The van der Waals surface area contributed by atoms with E-state index in [0.29, 0.717) is 18.6 Å². The minimum atomic E-state index is -1.30. The van der Waals surface area contributed by atoms with Crippen LogP contribution in [-0.4, -0.2) is 46.6 Å². The molecule has 3 rings (SSSR count). The number of nitrogens with one attached hydrogen (secondary N) is 1. The topological polar surface area (TPSA) is 110 Å². The lowest BCUT2D eigenvalue weighted by Crippen LogP contribution is -2.46. The molecule has 0 aliphatic heterocycles. The predicted octanol–water partition coefficient (Wildman–Crippen LogP) is 4.48. The Morgan fingerprint density at radius 2 is 1.28 bits per heavy atom. The van der Waals surface area contributed by atoms with Crippen LogP contribution in [0.4, 0.5) is 0 Å². The molecule has 0 saturated heterocycles. The summed E-state index contributed by atoms with van der Waals surface area (Å²) in [6, 6.07) is 27.4. The molecule has 0 bridgehead atoms. The molecule has 0 aliphatic carbocycles. The summed E-state index contributed by atoms with van der Waals surface area (Å²) >= 11 is 1.38. The summed E-state index contributed by atoms with van der Waals surface area (Å²) < 4.78 is 5.38. The third kappa shape index (κ3) is 10.4. The normalized spacial score (nSPS) is 12.4. The van der Waals surface area contributed by atoms with Crippen molar-refractivity contribution in [3.05, 3.63) is 108 Å². The van der Waals surface area contributed by atoms with Crippen molar-refractivity contribution in [2.75, 3.05) is 6.61 Å². The van der Waals surface area contributed by atoms with E-state index in [-0.39, 0.29) is 0 Å². The first-order valence-electron chi connectivity index (χ1n) is 12.8. The van der Waals surface area contributed by atoms with Crippen molar-refractivity contribution in [3.63, 3.8) is 0 Å². The van der Waals surface area contributed by atoms with E-state index >= 15 is 0 Å². The second kappa shape index (κ2) is 15.5. The second-order valence-corrected chi connectivity index (χ2v) is 10.6. The molecule has 0 fully saturated rings. The van der Waals surface area contributed by atoms with Crippen LogP contribution in [0.1, 0.15) is 30.0 Å². The minimum absolute atomic E-state index is 0.425. The quantitative estimate of drug-likeness (QED) is 0.270. The summed E-state index contributed by atoms with van der Waals surface area (Å²) in [5.74, 6) is -2.86. The lowest BCUT2D eigenvalue weighted by Gasteiger charge is -2.20. The molecule has 204 valence electrons. The summed E-state index contributed by atoms with van der Waals surface area (Å²) in [5.41, 5.74) is 2.97. The molecule has 39 heavy (non-hydrogen) atoms. The van der Waals surface area contributed by atoms with E-state index in [2.05, 4.69) is 5.32 Å². The minimum Gasteiger partial charge on any atom is -0.481 e. The van der Waals surface area contributed by atoms with Gasteiger partial charge in [0.15, 0.2) is 12.4 Å². The zero-order valence-electron chi connectivity index (χ0n) is 21.8. The fraction of sp³-hybridized carbons (Fsp3) is 0.290. The van der Waals surface area contributed by atoms with Crippen LogP contribution in [0.5, 0.6) is 0 Å². The highest BCUT2D eigenvalue weighted by Crippen LogP contribution is 2.19. The molecule has 0 aliphatic rings. The average molecular weight is 548 g/mol. The van der Waals surface area contributed by atoms with Crippen LogP contribution in [-0.2, 0) is 42.5 Å². The zero-order valence-corrected chi connectivity index (χ0v) is 22.6. The molecule has 0 aromatic heterocycles. The number of thioether (sulfide) groups is 1. The number of carbonyl (C=O) groups is 4. The maximum atomic E-state index is 13.1. The SMILES string of the molecule is CC(SCc1ccccc1)C(=O)NC(CC(=O)O)C(=O)COC(=O)C(Cc1ccccc1)Cc1ccccc1. The highest BCUT2D eigenvalue weighted by atomic mass is 32.2. The number of ether oxygens (including phenoxy) is 1. The first-order valence-corrected chi connectivity index (χ1v) is 13.8. The Bertz CT molecular complexity index is 1180. The highest BCUT2D eigenvalue weighted by molar-refractivity contribution is 7.99. The average Bonchev–Trinajstić information content (AvgIpc) is 2.95. The summed E-state index contributed by atoms with van der Waals surface area (Å²) in [6.45, 7) is 1.08. The van der Waals surface area contributed by atoms with Crippen molar-refractivity contribution in [3.8, 4) is 0 Å². The number of carboxylic acids is 1. The molecule has 0 saturated carbocycles. The second-order valence-electron chi connectivity index (χ2n) is 9.25. The van der Waals surface area contributed by atoms with Gasteiger partial charge in [-0.1, -0.05) is 91.0 Å². The number of carbonyl (C=O) groups excluding carboxylic acids is 3. The van der Waals surface area contributed by atoms with E-state index in [1.165, 1.54) is 11.8 Å². The molecule has 7 nitrogen and oxygen atoms in total. The van der Waals surface area contributed by atoms with E-state index in [4.69, 9.17) is 4.74 Å². The van der Waals surface area contributed by atoms with Crippen LogP contribution in [0.3, 0.4) is 0 Å². The number of benzene rings is 3. The lowest BCUT2D eigenvalue weighted by molar-refractivity contribution is -0.153. The van der Waals surface area contributed by atoms with Crippen LogP contribution in [0.2, 0.25) is 0 Å². The molecule has 2 N–H and O–H groups in total. The summed E-state index contributed by atoms with van der Waals surface area (Å²) in [5, 5.41) is 11.3. The Morgan fingerprint density at radius 1 is 0.795 bits per heavy atom. The van der Waals surface area contributed by atoms with Crippen LogP contribution < -0.4 is 5.32 Å². The van der Waals surface area contributed by atoms with Gasteiger partial charge in [0.25, 0.3) is 0 Å². The van der Waals surface area contributed by atoms with Crippen LogP contribution in [0.25, 0.3) is 0 Å². The van der Waals surface area contributed by atoms with Crippen molar-refractivity contribution < 1.29 is 29.0 Å². The van der Waals surface area contributed by atoms with Gasteiger partial charge < -0.3 is 15.2 Å². The van der Waals surface area contributed by atoms with E-state index < -0.39 is 53.9 Å². The molecule has 3 aromatic carbocycles. The molecule has 1 amide bonds. The van der Waals surface area contributed by atoms with Crippen molar-refractivity contribution >= 4 is 35.4 Å². The highest BCUT2D eigenvalue weighted by Gasteiger charge is 2.28. The van der Waals surface area contributed by atoms with Gasteiger partial charge in [0.1, 0.15) is 6.04 Å². The fourth-order valence-electron chi connectivity index (χ4n) is 3.98. The van der Waals surface area contributed by atoms with Crippen molar-refractivity contribution in [1.29, 1.82) is 0 Å². The van der Waals surface area contributed by atoms with E-state index in [1.807, 2.05) is 91.0 Å². The van der Waals surface area contributed by atoms with Gasteiger partial charge in [-0.3, -0.25) is 19.2 Å². The molecular weight excluding hydrogens is 514 g/mol. The van der Waals surface area contributed by atoms with Gasteiger partial charge in [-0.25, -0.2) is 0 Å². The summed E-state index contributed by atoms with van der Waals surface area (Å²) in [7, 11) is 0. The van der Waals surface area contributed by atoms with Gasteiger partial charge in [0, 0.05) is 5.75 Å². The number of aliphatic carboxylic acids is 1. The monoisotopic (exact) mass is 547 g/mol. The molecule has 0 spiro atoms. The van der Waals surface area contributed by atoms with E-state index in [9.17, 15) is 24.3 Å². The number of hydrogen-bond acceptors (Lipinski definition) is 6. The lowest BCUT2D eigenvalue weighted by atomic mass is 9.92. The number of hydrogen-bond donors (Lipinski definition) is 2. The fourth-order valence-corrected chi connectivity index (χ4v) is 4.83. The Hall–Kier alpha value is -3.91. The van der Waals surface area contributed by atoms with Gasteiger partial charge in [-0.05, 0) is 36.5 Å². The van der Waals surface area contributed by atoms with Crippen molar-refractivity contribution in [2.45, 2.75) is 43.2 Å². The maximum Gasteiger partial charge on any atom is 0.310 e. The largest absolute Gasteiger partial charge is 0.481 e. The molecular formula is C31H33NO6S. The number of carboxylic acid groups (broad SMARTS) is 1. The Labute approximate surface area is 233 Å². The van der Waals surface area contributed by atoms with Crippen molar-refractivity contribution in [2.24, 2.45) is 5.92 Å². The molecule has 8 heteroatoms. The molecule has 2 unspecified atom stereocenters. The van der Waals surface area contributed by atoms with Gasteiger partial charge in [-0.2, -0.15) is 0 Å². The molecule has 2 atom stereocenters.